The number of carbonyl (C=O) groups excluding carboxylic acids is 1. The molecule has 0 aliphatic carbocycles. The highest BCUT2D eigenvalue weighted by Crippen LogP contribution is 2.14. The quantitative estimate of drug-likeness (QED) is 0.587. The first kappa shape index (κ1) is 20.2. The molecule has 8 nitrogen and oxygen atoms in total. The minimum Gasteiger partial charge on any atom is -0.383 e. The summed E-state index contributed by atoms with van der Waals surface area (Å²) < 4.78 is 40.6. The molecule has 1 aliphatic rings. The Labute approximate surface area is 149 Å². The lowest BCUT2D eigenvalue weighted by atomic mass is 10.2. The van der Waals surface area contributed by atoms with Gasteiger partial charge in [-0.3, -0.25) is 9.69 Å². The minimum atomic E-state index is -2.85. The van der Waals surface area contributed by atoms with E-state index in [2.05, 4.69) is 25.3 Å². The van der Waals surface area contributed by atoms with Gasteiger partial charge in [0.25, 0.3) is 5.91 Å². The number of aromatic nitrogens is 2. The fourth-order valence-electron chi connectivity index (χ4n) is 2.65. The maximum absolute atomic E-state index is 12.4. The molecule has 0 radical (unpaired) electrons. The van der Waals surface area contributed by atoms with E-state index in [9.17, 15) is 18.0 Å². The molecule has 0 saturated carbocycles. The van der Waals surface area contributed by atoms with Gasteiger partial charge in [-0.25, -0.2) is 9.37 Å². The van der Waals surface area contributed by atoms with Crippen molar-refractivity contribution in [1.82, 2.24) is 20.2 Å². The molecule has 0 bridgehead atoms. The number of nitrogen functional groups attached to an aromatic ring is 1. The summed E-state index contributed by atoms with van der Waals surface area (Å²) in [6.45, 7) is -0.235. The second-order valence-electron chi connectivity index (χ2n) is 6.08. The van der Waals surface area contributed by atoms with Crippen LogP contribution in [0.4, 0.5) is 24.9 Å². The number of halogens is 3. The Morgan fingerprint density at radius 3 is 2.96 bits per heavy atom. The first-order valence-corrected chi connectivity index (χ1v) is 8.27. The lowest BCUT2D eigenvalue weighted by Gasteiger charge is -2.16. The highest BCUT2D eigenvalue weighted by Gasteiger charge is 2.25. The third-order valence-electron chi connectivity index (χ3n) is 3.92. The first-order chi connectivity index (χ1) is 12.4. The van der Waals surface area contributed by atoms with E-state index in [1.54, 1.807) is 6.92 Å². The number of hydrogen-bond donors (Lipinski definition) is 3. The lowest BCUT2D eigenvalue weighted by Crippen LogP contribution is -2.38. The predicted molar refractivity (Wildman–Crippen MR) is 89.8 cm³/mol. The van der Waals surface area contributed by atoms with E-state index in [1.807, 2.05) is 4.90 Å². The summed E-state index contributed by atoms with van der Waals surface area (Å²) in [4.78, 5) is 22.2. The fraction of sp³-hybridized carbons (Fsp3) is 0.667. The van der Waals surface area contributed by atoms with Crippen molar-refractivity contribution in [3.8, 4) is 0 Å². The molecule has 1 saturated heterocycles. The zero-order valence-electron chi connectivity index (χ0n) is 14.4. The van der Waals surface area contributed by atoms with E-state index in [1.165, 1.54) is 6.20 Å². The van der Waals surface area contributed by atoms with Gasteiger partial charge in [0.2, 0.25) is 5.95 Å². The second kappa shape index (κ2) is 9.53. The van der Waals surface area contributed by atoms with E-state index in [0.717, 1.165) is 13.0 Å². The predicted octanol–water partition coefficient (Wildman–Crippen LogP) is 0.872. The van der Waals surface area contributed by atoms with Crippen molar-refractivity contribution in [3.63, 3.8) is 0 Å². The molecule has 2 rings (SSSR count). The molecule has 1 aliphatic heterocycles. The zero-order valence-corrected chi connectivity index (χ0v) is 14.4. The number of nitrogens with zero attached hydrogens (tertiary/aromatic N) is 3. The molecule has 1 aromatic rings. The van der Waals surface area contributed by atoms with Crippen molar-refractivity contribution in [2.75, 3.05) is 44.0 Å². The van der Waals surface area contributed by atoms with Gasteiger partial charge in [-0.05, 0) is 13.3 Å². The SMILES string of the molecule is C[C@@H](COC(F)F)Nc1ncc(C(=O)N[C@H]2CCN(CCF)C2)c(N)n1. The van der Waals surface area contributed by atoms with E-state index < -0.39 is 25.2 Å². The zero-order chi connectivity index (χ0) is 19.1. The maximum Gasteiger partial charge on any atom is 0.345 e. The maximum atomic E-state index is 12.4. The van der Waals surface area contributed by atoms with E-state index in [4.69, 9.17) is 5.73 Å². The van der Waals surface area contributed by atoms with Crippen LogP contribution in [-0.2, 0) is 4.74 Å². The van der Waals surface area contributed by atoms with Crippen molar-refractivity contribution >= 4 is 17.7 Å². The van der Waals surface area contributed by atoms with Gasteiger partial charge in [-0.2, -0.15) is 13.8 Å². The molecule has 0 aromatic carbocycles. The van der Waals surface area contributed by atoms with Crippen molar-refractivity contribution in [2.24, 2.45) is 0 Å². The van der Waals surface area contributed by atoms with E-state index in [-0.39, 0.29) is 30.0 Å². The number of carbonyl (C=O) groups is 1. The van der Waals surface area contributed by atoms with Gasteiger partial charge in [0.15, 0.2) is 0 Å². The van der Waals surface area contributed by atoms with Crippen LogP contribution in [0.5, 0.6) is 0 Å². The number of rotatable bonds is 9. The van der Waals surface area contributed by atoms with E-state index in [0.29, 0.717) is 13.1 Å². The van der Waals surface area contributed by atoms with Gasteiger partial charge >= 0.3 is 6.61 Å². The third kappa shape index (κ3) is 5.99. The number of ether oxygens (including phenoxy) is 1. The van der Waals surface area contributed by atoms with Gasteiger partial charge in [0.05, 0.1) is 12.2 Å². The summed E-state index contributed by atoms with van der Waals surface area (Å²) in [5.74, 6) is -0.324. The number of hydrogen-bond acceptors (Lipinski definition) is 7. The monoisotopic (exact) mass is 376 g/mol. The van der Waals surface area contributed by atoms with Gasteiger partial charge < -0.3 is 21.1 Å². The number of likely N-dealkylation sites (tertiary alicyclic amines) is 1. The summed E-state index contributed by atoms with van der Waals surface area (Å²) in [6, 6.07) is -0.555. The largest absolute Gasteiger partial charge is 0.383 e. The Hall–Kier alpha value is -2.14. The fourth-order valence-corrected chi connectivity index (χ4v) is 2.65. The second-order valence-corrected chi connectivity index (χ2v) is 6.08. The number of nitrogens with one attached hydrogen (secondary N) is 2. The molecule has 2 atom stereocenters. The van der Waals surface area contributed by atoms with Gasteiger partial charge in [-0.15, -0.1) is 0 Å². The van der Waals surface area contributed by atoms with Crippen LogP contribution in [0.1, 0.15) is 23.7 Å². The lowest BCUT2D eigenvalue weighted by molar-refractivity contribution is -0.130. The minimum absolute atomic E-state index is 0.0272. The van der Waals surface area contributed by atoms with Crippen LogP contribution in [0.3, 0.4) is 0 Å². The van der Waals surface area contributed by atoms with Crippen LogP contribution >= 0.6 is 0 Å². The smallest absolute Gasteiger partial charge is 0.345 e. The van der Waals surface area contributed by atoms with Crippen LogP contribution in [0.25, 0.3) is 0 Å². The summed E-state index contributed by atoms with van der Waals surface area (Å²) in [6.07, 6.45) is 2.00. The molecule has 4 N–H and O–H groups in total. The number of amides is 1. The average molecular weight is 376 g/mol. The Bertz CT molecular complexity index is 607. The summed E-state index contributed by atoms with van der Waals surface area (Å²) >= 11 is 0. The van der Waals surface area contributed by atoms with Gasteiger partial charge in [0, 0.05) is 37.9 Å². The van der Waals surface area contributed by atoms with Crippen molar-refractivity contribution < 1.29 is 22.7 Å². The first-order valence-electron chi connectivity index (χ1n) is 8.27. The topological polar surface area (TPSA) is 105 Å². The third-order valence-corrected chi connectivity index (χ3v) is 3.92. The Morgan fingerprint density at radius 2 is 2.31 bits per heavy atom. The number of alkyl halides is 3. The normalized spacial score (nSPS) is 18.9. The van der Waals surface area contributed by atoms with Crippen LogP contribution in [-0.4, -0.2) is 72.4 Å². The molecular formula is C15H23F3N6O2. The van der Waals surface area contributed by atoms with Crippen molar-refractivity contribution in [1.29, 1.82) is 0 Å². The molecule has 1 fully saturated rings. The summed E-state index contributed by atoms with van der Waals surface area (Å²) in [5, 5.41) is 5.59. The molecule has 1 aromatic heterocycles. The highest BCUT2D eigenvalue weighted by molar-refractivity contribution is 5.98. The molecule has 0 spiro atoms. The molecule has 26 heavy (non-hydrogen) atoms. The van der Waals surface area contributed by atoms with Gasteiger partial charge in [-0.1, -0.05) is 0 Å². The highest BCUT2D eigenvalue weighted by atomic mass is 19.3. The molecule has 0 unspecified atom stereocenters. The van der Waals surface area contributed by atoms with Crippen LogP contribution < -0.4 is 16.4 Å². The Morgan fingerprint density at radius 1 is 1.54 bits per heavy atom. The van der Waals surface area contributed by atoms with Crippen LogP contribution in [0.2, 0.25) is 0 Å². The molecular weight excluding hydrogens is 353 g/mol. The van der Waals surface area contributed by atoms with Crippen LogP contribution in [0, 0.1) is 0 Å². The summed E-state index contributed by atoms with van der Waals surface area (Å²) in [5.41, 5.74) is 5.93. The van der Waals surface area contributed by atoms with Gasteiger partial charge in [0.1, 0.15) is 12.5 Å². The molecule has 11 heteroatoms. The van der Waals surface area contributed by atoms with Crippen molar-refractivity contribution in [2.45, 2.75) is 32.0 Å². The van der Waals surface area contributed by atoms with Crippen molar-refractivity contribution in [3.05, 3.63) is 11.8 Å². The number of nitrogens with two attached hydrogens (primary N) is 1. The Balaban J connectivity index is 1.89. The molecule has 2 heterocycles. The Kier molecular flexibility index (Phi) is 7.39. The molecule has 1 amide bonds. The standard InChI is InChI=1S/C15H23F3N6O2/c1-9(8-26-14(17)18)21-15-20-6-11(12(19)23-15)13(25)22-10-2-4-24(7-10)5-3-16/h6,9-10,14H,2-5,7-8H2,1H3,(H,22,25)(H3,19,20,21,23)/t9-,10-/m0/s1. The average Bonchev–Trinajstić information content (AvgIpc) is 3.00. The van der Waals surface area contributed by atoms with E-state index >= 15 is 0 Å². The summed E-state index contributed by atoms with van der Waals surface area (Å²) in [7, 11) is 0. The number of anilines is 2. The van der Waals surface area contributed by atoms with Crippen LogP contribution in [0.15, 0.2) is 6.20 Å². The molecule has 146 valence electrons.